The highest BCUT2D eigenvalue weighted by molar-refractivity contribution is 5.63. The highest BCUT2D eigenvalue weighted by Crippen LogP contribution is 2.27. The molecule has 0 aliphatic carbocycles. The monoisotopic (exact) mass is 296 g/mol. The molecule has 2 aromatic rings. The summed E-state index contributed by atoms with van der Waals surface area (Å²) in [5.41, 5.74) is 3.79. The minimum Gasteiger partial charge on any atom is -0.396 e. The van der Waals surface area contributed by atoms with Gasteiger partial charge in [-0.25, -0.2) is 0 Å². The number of aliphatic hydroxyl groups excluding tert-OH is 1. The Morgan fingerprint density at radius 3 is 2.18 bits per heavy atom. The molecule has 1 fully saturated rings. The molecule has 0 aromatic heterocycles. The molecule has 0 saturated carbocycles. The van der Waals surface area contributed by atoms with Gasteiger partial charge in [0.1, 0.15) is 0 Å². The largest absolute Gasteiger partial charge is 0.396 e. The Kier molecular flexibility index (Phi) is 5.22. The summed E-state index contributed by atoms with van der Waals surface area (Å²) in [6.07, 6.45) is 0.796. The number of hydrogen-bond acceptors (Lipinski definition) is 3. The van der Waals surface area contributed by atoms with E-state index in [0.29, 0.717) is 6.04 Å². The topological polar surface area (TPSA) is 35.5 Å². The molecule has 1 saturated heterocycles. The molecule has 0 bridgehead atoms. The van der Waals surface area contributed by atoms with E-state index in [1.54, 1.807) is 0 Å². The van der Waals surface area contributed by atoms with E-state index >= 15 is 0 Å². The molecule has 0 unspecified atom stereocenters. The summed E-state index contributed by atoms with van der Waals surface area (Å²) < 4.78 is 0. The van der Waals surface area contributed by atoms with Gasteiger partial charge in [-0.1, -0.05) is 54.6 Å². The van der Waals surface area contributed by atoms with Crippen molar-refractivity contribution < 1.29 is 5.11 Å². The SMILES string of the molecule is OCC[C@@H](c1ccc(-c2ccccc2)cc1)N1CCNCC1. The van der Waals surface area contributed by atoms with Crippen molar-refractivity contribution in [2.45, 2.75) is 12.5 Å². The van der Waals surface area contributed by atoms with E-state index in [4.69, 9.17) is 0 Å². The van der Waals surface area contributed by atoms with Crippen LogP contribution in [-0.4, -0.2) is 42.8 Å². The number of nitrogens with one attached hydrogen (secondary N) is 1. The number of hydrogen-bond donors (Lipinski definition) is 2. The van der Waals surface area contributed by atoms with Crippen LogP contribution in [0.1, 0.15) is 18.0 Å². The van der Waals surface area contributed by atoms with Crippen LogP contribution in [0, 0.1) is 0 Å². The predicted molar refractivity (Wildman–Crippen MR) is 90.8 cm³/mol. The molecule has 0 radical (unpaired) electrons. The highest BCUT2D eigenvalue weighted by Gasteiger charge is 2.21. The van der Waals surface area contributed by atoms with Gasteiger partial charge in [0, 0.05) is 38.8 Å². The van der Waals surface area contributed by atoms with Gasteiger partial charge in [-0.15, -0.1) is 0 Å². The molecule has 1 atom stereocenters. The number of benzene rings is 2. The zero-order valence-corrected chi connectivity index (χ0v) is 12.9. The van der Waals surface area contributed by atoms with Crippen molar-refractivity contribution in [2.75, 3.05) is 32.8 Å². The minimum absolute atomic E-state index is 0.231. The second kappa shape index (κ2) is 7.54. The lowest BCUT2D eigenvalue weighted by Crippen LogP contribution is -2.45. The van der Waals surface area contributed by atoms with E-state index in [0.717, 1.165) is 32.6 Å². The van der Waals surface area contributed by atoms with Gasteiger partial charge in [0.2, 0.25) is 0 Å². The zero-order valence-electron chi connectivity index (χ0n) is 12.9. The number of aliphatic hydroxyl groups is 1. The van der Waals surface area contributed by atoms with Crippen molar-refractivity contribution in [3.63, 3.8) is 0 Å². The molecule has 0 amide bonds. The van der Waals surface area contributed by atoms with Crippen molar-refractivity contribution in [1.82, 2.24) is 10.2 Å². The van der Waals surface area contributed by atoms with Crippen molar-refractivity contribution in [1.29, 1.82) is 0 Å². The first-order valence-electron chi connectivity index (χ1n) is 8.09. The maximum atomic E-state index is 9.42. The van der Waals surface area contributed by atoms with Crippen LogP contribution in [0.15, 0.2) is 54.6 Å². The van der Waals surface area contributed by atoms with E-state index in [1.807, 2.05) is 6.07 Å². The molecule has 116 valence electrons. The van der Waals surface area contributed by atoms with Gasteiger partial charge in [0.25, 0.3) is 0 Å². The van der Waals surface area contributed by atoms with Gasteiger partial charge in [0.05, 0.1) is 0 Å². The summed E-state index contributed by atoms with van der Waals surface area (Å²) in [6, 6.07) is 19.6. The first-order chi connectivity index (χ1) is 10.9. The molecule has 1 aliphatic heterocycles. The van der Waals surface area contributed by atoms with Crippen LogP contribution in [0.25, 0.3) is 11.1 Å². The van der Waals surface area contributed by atoms with Gasteiger partial charge in [-0.2, -0.15) is 0 Å². The standard InChI is InChI=1S/C19H24N2O/c22-15-10-19(21-13-11-20-12-14-21)18-8-6-17(7-9-18)16-4-2-1-3-5-16/h1-9,19-20,22H,10-15H2/t19-/m0/s1. The lowest BCUT2D eigenvalue weighted by Gasteiger charge is -2.35. The fourth-order valence-electron chi connectivity index (χ4n) is 3.20. The Balaban J connectivity index is 1.79. The van der Waals surface area contributed by atoms with Crippen LogP contribution in [-0.2, 0) is 0 Å². The van der Waals surface area contributed by atoms with Crippen LogP contribution >= 0.6 is 0 Å². The number of piperazine rings is 1. The maximum Gasteiger partial charge on any atom is 0.0449 e. The quantitative estimate of drug-likeness (QED) is 0.890. The predicted octanol–water partition coefficient (Wildman–Crippen LogP) is 2.68. The first kappa shape index (κ1) is 15.2. The summed E-state index contributed by atoms with van der Waals surface area (Å²) in [5, 5.41) is 12.8. The van der Waals surface area contributed by atoms with E-state index in [-0.39, 0.29) is 6.61 Å². The number of nitrogens with zero attached hydrogens (tertiary/aromatic N) is 1. The average molecular weight is 296 g/mol. The normalized spacial score (nSPS) is 17.3. The van der Waals surface area contributed by atoms with E-state index in [2.05, 4.69) is 58.7 Å². The van der Waals surface area contributed by atoms with Crippen molar-refractivity contribution in [3.8, 4) is 11.1 Å². The molecule has 0 spiro atoms. The van der Waals surface area contributed by atoms with E-state index in [1.165, 1.54) is 16.7 Å². The van der Waals surface area contributed by atoms with Crippen LogP contribution < -0.4 is 5.32 Å². The summed E-state index contributed by atoms with van der Waals surface area (Å²) in [6.45, 7) is 4.39. The third-order valence-corrected chi connectivity index (χ3v) is 4.40. The van der Waals surface area contributed by atoms with Crippen molar-refractivity contribution in [2.24, 2.45) is 0 Å². The Labute approximate surface area is 132 Å². The van der Waals surface area contributed by atoms with Crippen LogP contribution in [0.5, 0.6) is 0 Å². The molecule has 2 N–H and O–H groups in total. The maximum absolute atomic E-state index is 9.42. The molecule has 3 rings (SSSR count). The smallest absolute Gasteiger partial charge is 0.0449 e. The Hall–Kier alpha value is -1.68. The van der Waals surface area contributed by atoms with Crippen molar-refractivity contribution >= 4 is 0 Å². The Morgan fingerprint density at radius 1 is 0.909 bits per heavy atom. The fourth-order valence-corrected chi connectivity index (χ4v) is 3.20. The summed E-state index contributed by atoms with van der Waals surface area (Å²) >= 11 is 0. The van der Waals surface area contributed by atoms with E-state index < -0.39 is 0 Å². The third-order valence-electron chi connectivity index (χ3n) is 4.40. The second-order valence-electron chi connectivity index (χ2n) is 5.80. The molecule has 2 aromatic carbocycles. The first-order valence-corrected chi connectivity index (χ1v) is 8.09. The van der Waals surface area contributed by atoms with E-state index in [9.17, 15) is 5.11 Å². The van der Waals surface area contributed by atoms with Gasteiger partial charge in [0.15, 0.2) is 0 Å². The highest BCUT2D eigenvalue weighted by atomic mass is 16.3. The van der Waals surface area contributed by atoms with Gasteiger partial charge >= 0.3 is 0 Å². The summed E-state index contributed by atoms with van der Waals surface area (Å²) in [5.74, 6) is 0. The molecule has 22 heavy (non-hydrogen) atoms. The molecular formula is C19H24N2O. The molecule has 3 nitrogen and oxygen atoms in total. The molecular weight excluding hydrogens is 272 g/mol. The van der Waals surface area contributed by atoms with Crippen molar-refractivity contribution in [3.05, 3.63) is 60.2 Å². The fraction of sp³-hybridized carbons (Fsp3) is 0.368. The average Bonchev–Trinajstić information content (AvgIpc) is 2.61. The van der Waals surface area contributed by atoms with Crippen LogP contribution in [0.3, 0.4) is 0 Å². The van der Waals surface area contributed by atoms with Crippen LogP contribution in [0.4, 0.5) is 0 Å². The molecule has 1 heterocycles. The summed E-state index contributed by atoms with van der Waals surface area (Å²) in [4.78, 5) is 2.48. The third kappa shape index (κ3) is 3.55. The Morgan fingerprint density at radius 2 is 1.55 bits per heavy atom. The number of rotatable bonds is 5. The van der Waals surface area contributed by atoms with Crippen LogP contribution in [0.2, 0.25) is 0 Å². The van der Waals surface area contributed by atoms with Gasteiger partial charge in [-0.05, 0) is 23.1 Å². The second-order valence-corrected chi connectivity index (χ2v) is 5.80. The van der Waals surface area contributed by atoms with Gasteiger partial charge in [-0.3, -0.25) is 4.90 Å². The molecule has 3 heteroatoms. The minimum atomic E-state index is 0.231. The zero-order chi connectivity index (χ0) is 15.2. The Bertz CT molecular complexity index is 562. The van der Waals surface area contributed by atoms with Gasteiger partial charge < -0.3 is 10.4 Å². The lowest BCUT2D eigenvalue weighted by atomic mass is 9.98. The lowest BCUT2D eigenvalue weighted by molar-refractivity contribution is 0.141. The summed E-state index contributed by atoms with van der Waals surface area (Å²) in [7, 11) is 0. The molecule has 1 aliphatic rings.